The second-order valence-electron chi connectivity index (χ2n) is 4.67. The molecule has 19 heavy (non-hydrogen) atoms. The highest BCUT2D eigenvalue weighted by Crippen LogP contribution is 2.19. The summed E-state index contributed by atoms with van der Waals surface area (Å²) in [5.41, 5.74) is 7.68. The summed E-state index contributed by atoms with van der Waals surface area (Å²) in [7, 11) is 1.84. The monoisotopic (exact) mass is 261 g/mol. The zero-order valence-corrected chi connectivity index (χ0v) is 11.5. The first-order valence-corrected chi connectivity index (χ1v) is 6.24. The molecule has 0 spiro atoms. The van der Waals surface area contributed by atoms with Gasteiger partial charge in [-0.15, -0.1) is 0 Å². The van der Waals surface area contributed by atoms with E-state index < -0.39 is 0 Å². The van der Waals surface area contributed by atoms with Crippen LogP contribution < -0.4 is 10.5 Å². The second-order valence-corrected chi connectivity index (χ2v) is 4.67. The lowest BCUT2D eigenvalue weighted by Crippen LogP contribution is -2.19. The Labute approximate surface area is 112 Å². The highest BCUT2D eigenvalue weighted by atomic mass is 16.5. The summed E-state index contributed by atoms with van der Waals surface area (Å²) >= 11 is 0. The van der Waals surface area contributed by atoms with E-state index in [0.29, 0.717) is 13.0 Å². The predicted molar refractivity (Wildman–Crippen MR) is 71.7 cm³/mol. The average molecular weight is 261 g/mol. The first kappa shape index (κ1) is 13.5. The molecule has 2 rings (SSSR count). The minimum Gasteiger partial charge on any atom is -0.484 e. The summed E-state index contributed by atoms with van der Waals surface area (Å²) in [6, 6.07) is 3.90. The first-order valence-electron chi connectivity index (χ1n) is 6.24. The zero-order chi connectivity index (χ0) is 13.8. The minimum atomic E-state index is 0.0477. The number of nitrogens with zero attached hydrogens (tertiary/aromatic N) is 4. The first-order chi connectivity index (χ1) is 9.06. The van der Waals surface area contributed by atoms with Gasteiger partial charge in [0.15, 0.2) is 5.82 Å². The molecule has 6 nitrogen and oxygen atoms in total. The van der Waals surface area contributed by atoms with E-state index in [-0.39, 0.29) is 6.04 Å². The van der Waals surface area contributed by atoms with E-state index >= 15 is 0 Å². The molecule has 0 saturated heterocycles. The molecule has 0 bridgehead atoms. The van der Waals surface area contributed by atoms with Gasteiger partial charge in [0, 0.05) is 25.2 Å². The van der Waals surface area contributed by atoms with Crippen molar-refractivity contribution in [1.29, 1.82) is 0 Å². The number of aromatic nitrogens is 4. The molecule has 2 aromatic rings. The van der Waals surface area contributed by atoms with E-state index in [1.807, 2.05) is 33.0 Å². The summed E-state index contributed by atoms with van der Waals surface area (Å²) in [4.78, 5) is 8.61. The molecule has 0 aromatic carbocycles. The van der Waals surface area contributed by atoms with Gasteiger partial charge in [-0.05, 0) is 26.0 Å². The van der Waals surface area contributed by atoms with E-state index in [9.17, 15) is 0 Å². The fourth-order valence-electron chi connectivity index (χ4n) is 1.77. The van der Waals surface area contributed by atoms with Crippen molar-refractivity contribution in [2.75, 3.05) is 0 Å². The summed E-state index contributed by atoms with van der Waals surface area (Å²) < 4.78 is 7.46. The topological polar surface area (TPSA) is 78.9 Å². The molecular weight excluding hydrogens is 242 g/mol. The van der Waals surface area contributed by atoms with Gasteiger partial charge in [-0.25, -0.2) is 4.98 Å². The van der Waals surface area contributed by atoms with Gasteiger partial charge in [0.1, 0.15) is 18.7 Å². The Bertz CT molecular complexity index is 550. The molecule has 6 heteroatoms. The molecule has 1 atom stereocenters. The van der Waals surface area contributed by atoms with Crippen LogP contribution >= 0.6 is 0 Å². The summed E-state index contributed by atoms with van der Waals surface area (Å²) in [5.74, 6) is 1.53. The lowest BCUT2D eigenvalue weighted by atomic mass is 10.1. The normalized spacial score (nSPS) is 12.4. The van der Waals surface area contributed by atoms with Crippen LogP contribution in [0.15, 0.2) is 18.5 Å². The maximum Gasteiger partial charge on any atom is 0.164 e. The molecule has 0 radical (unpaired) electrons. The van der Waals surface area contributed by atoms with Gasteiger partial charge in [-0.2, -0.15) is 5.10 Å². The SMILES string of the molecule is Cc1ccc(OCc2ncnn2C)c(CC(C)N)n1. The predicted octanol–water partition coefficient (Wildman–Crippen LogP) is 0.987. The van der Waals surface area contributed by atoms with Crippen LogP contribution in [0.2, 0.25) is 0 Å². The Morgan fingerprint density at radius 2 is 2.21 bits per heavy atom. The Hall–Kier alpha value is -1.95. The number of rotatable bonds is 5. The lowest BCUT2D eigenvalue weighted by Gasteiger charge is -2.12. The van der Waals surface area contributed by atoms with E-state index in [1.54, 1.807) is 4.68 Å². The second kappa shape index (κ2) is 5.79. The smallest absolute Gasteiger partial charge is 0.164 e. The molecule has 0 aliphatic carbocycles. The van der Waals surface area contributed by atoms with Crippen LogP contribution in [-0.4, -0.2) is 25.8 Å². The van der Waals surface area contributed by atoms with Crippen LogP contribution in [0, 0.1) is 6.92 Å². The standard InChI is InChI=1S/C13H19N5O/c1-9(14)6-11-12(5-4-10(2)17-11)19-7-13-15-8-16-18(13)3/h4-5,8-9H,6-7,14H2,1-3H3. The van der Waals surface area contributed by atoms with E-state index in [2.05, 4.69) is 15.1 Å². The Kier molecular flexibility index (Phi) is 4.11. The van der Waals surface area contributed by atoms with Crippen molar-refractivity contribution >= 4 is 0 Å². The largest absolute Gasteiger partial charge is 0.484 e. The van der Waals surface area contributed by atoms with Crippen molar-refractivity contribution in [3.05, 3.63) is 35.7 Å². The highest BCUT2D eigenvalue weighted by molar-refractivity contribution is 5.30. The third kappa shape index (κ3) is 3.51. The summed E-state index contributed by atoms with van der Waals surface area (Å²) in [6.45, 7) is 4.28. The van der Waals surface area contributed by atoms with Gasteiger partial charge in [0.05, 0.1) is 5.69 Å². The number of hydrogen-bond acceptors (Lipinski definition) is 5. The summed E-state index contributed by atoms with van der Waals surface area (Å²) in [5, 5.41) is 4.00. The molecule has 2 aromatic heterocycles. The van der Waals surface area contributed by atoms with Crippen LogP contribution in [0.4, 0.5) is 0 Å². The zero-order valence-electron chi connectivity index (χ0n) is 11.5. The van der Waals surface area contributed by atoms with Crippen molar-refractivity contribution in [2.24, 2.45) is 12.8 Å². The number of ether oxygens (including phenoxy) is 1. The van der Waals surface area contributed by atoms with Gasteiger partial charge < -0.3 is 10.5 Å². The van der Waals surface area contributed by atoms with Crippen molar-refractivity contribution in [2.45, 2.75) is 32.9 Å². The molecule has 2 N–H and O–H groups in total. The third-order valence-corrected chi connectivity index (χ3v) is 2.75. The van der Waals surface area contributed by atoms with Crippen molar-refractivity contribution in [3.63, 3.8) is 0 Å². The van der Waals surface area contributed by atoms with E-state index in [1.165, 1.54) is 6.33 Å². The molecule has 0 aliphatic rings. The molecule has 102 valence electrons. The molecule has 0 aliphatic heterocycles. The fourth-order valence-corrected chi connectivity index (χ4v) is 1.77. The minimum absolute atomic E-state index is 0.0477. The van der Waals surface area contributed by atoms with Gasteiger partial charge in [-0.1, -0.05) is 0 Å². The van der Waals surface area contributed by atoms with E-state index in [4.69, 9.17) is 10.5 Å². The van der Waals surface area contributed by atoms with Gasteiger partial charge in [-0.3, -0.25) is 9.67 Å². The maximum absolute atomic E-state index is 5.84. The molecule has 0 saturated carbocycles. The Morgan fingerprint density at radius 1 is 1.42 bits per heavy atom. The maximum atomic E-state index is 5.84. The van der Waals surface area contributed by atoms with Crippen LogP contribution in [0.1, 0.15) is 24.1 Å². The van der Waals surface area contributed by atoms with E-state index in [0.717, 1.165) is 23.0 Å². The third-order valence-electron chi connectivity index (χ3n) is 2.75. The number of pyridine rings is 1. The van der Waals surface area contributed by atoms with Gasteiger partial charge in [0.25, 0.3) is 0 Å². The van der Waals surface area contributed by atoms with Crippen molar-refractivity contribution in [3.8, 4) is 5.75 Å². The Balaban J connectivity index is 2.13. The Morgan fingerprint density at radius 3 is 2.84 bits per heavy atom. The molecule has 0 fully saturated rings. The van der Waals surface area contributed by atoms with Crippen LogP contribution in [0.3, 0.4) is 0 Å². The van der Waals surface area contributed by atoms with Crippen molar-refractivity contribution in [1.82, 2.24) is 19.7 Å². The average Bonchev–Trinajstić information content (AvgIpc) is 2.73. The number of aryl methyl sites for hydroxylation is 2. The van der Waals surface area contributed by atoms with Crippen molar-refractivity contribution < 1.29 is 4.74 Å². The quantitative estimate of drug-likeness (QED) is 0.868. The van der Waals surface area contributed by atoms with Crippen LogP contribution in [-0.2, 0) is 20.1 Å². The number of hydrogen-bond donors (Lipinski definition) is 1. The van der Waals surface area contributed by atoms with Gasteiger partial charge >= 0.3 is 0 Å². The molecular formula is C13H19N5O. The van der Waals surface area contributed by atoms with Crippen LogP contribution in [0.25, 0.3) is 0 Å². The molecule has 2 heterocycles. The van der Waals surface area contributed by atoms with Gasteiger partial charge in [0.2, 0.25) is 0 Å². The highest BCUT2D eigenvalue weighted by Gasteiger charge is 2.10. The molecule has 0 amide bonds. The van der Waals surface area contributed by atoms with Crippen LogP contribution in [0.5, 0.6) is 5.75 Å². The lowest BCUT2D eigenvalue weighted by molar-refractivity contribution is 0.284. The number of nitrogens with two attached hydrogens (primary N) is 1. The summed E-state index contributed by atoms with van der Waals surface area (Å²) in [6.07, 6.45) is 2.20. The molecule has 1 unspecified atom stereocenters. The fraction of sp³-hybridized carbons (Fsp3) is 0.462.